The molecule has 1 heterocycles. The van der Waals surface area contributed by atoms with Crippen molar-refractivity contribution in [1.29, 1.82) is 0 Å². The Hall–Kier alpha value is -2.36. The van der Waals surface area contributed by atoms with Crippen LogP contribution in [0.15, 0.2) is 48.5 Å². The van der Waals surface area contributed by atoms with Gasteiger partial charge in [-0.3, -0.25) is 4.79 Å². The SMILES string of the molecule is O=C1COc2ccccc2CN1c1ccccc1F. The second kappa shape index (κ2) is 4.72. The highest BCUT2D eigenvalue weighted by Crippen LogP contribution is 2.27. The van der Waals surface area contributed by atoms with Crippen LogP contribution in [0.2, 0.25) is 0 Å². The first-order chi connectivity index (χ1) is 9.25. The molecule has 1 amide bonds. The third-order valence-corrected chi connectivity index (χ3v) is 3.10. The zero-order valence-corrected chi connectivity index (χ0v) is 10.2. The molecule has 0 atom stereocenters. The smallest absolute Gasteiger partial charge is 0.265 e. The number of para-hydroxylation sites is 2. The van der Waals surface area contributed by atoms with Crippen molar-refractivity contribution in [2.75, 3.05) is 11.5 Å². The molecule has 0 bridgehead atoms. The first-order valence-electron chi connectivity index (χ1n) is 6.01. The summed E-state index contributed by atoms with van der Waals surface area (Å²) < 4.78 is 19.3. The summed E-state index contributed by atoms with van der Waals surface area (Å²) in [5.41, 5.74) is 1.16. The standard InChI is InChI=1S/C15H12FNO2/c16-12-6-2-3-7-13(12)17-9-11-5-1-4-8-14(11)19-10-15(17)18/h1-8H,9-10H2. The predicted octanol–water partition coefficient (Wildman–Crippen LogP) is 2.75. The van der Waals surface area contributed by atoms with Crippen molar-refractivity contribution in [3.05, 3.63) is 59.9 Å². The molecular weight excluding hydrogens is 245 g/mol. The van der Waals surface area contributed by atoms with E-state index in [9.17, 15) is 9.18 Å². The highest BCUT2D eigenvalue weighted by Gasteiger charge is 2.24. The lowest BCUT2D eigenvalue weighted by Crippen LogP contribution is -2.32. The molecule has 3 rings (SSSR count). The summed E-state index contributed by atoms with van der Waals surface area (Å²) in [6.07, 6.45) is 0. The summed E-state index contributed by atoms with van der Waals surface area (Å²) in [7, 11) is 0. The van der Waals surface area contributed by atoms with E-state index in [2.05, 4.69) is 0 Å². The van der Waals surface area contributed by atoms with Crippen molar-refractivity contribution < 1.29 is 13.9 Å². The fraction of sp³-hybridized carbons (Fsp3) is 0.133. The zero-order chi connectivity index (χ0) is 13.2. The highest BCUT2D eigenvalue weighted by molar-refractivity contribution is 5.95. The zero-order valence-electron chi connectivity index (χ0n) is 10.2. The van der Waals surface area contributed by atoms with E-state index in [1.165, 1.54) is 11.0 Å². The number of ether oxygens (including phenoxy) is 1. The number of fused-ring (bicyclic) bond motifs is 1. The summed E-state index contributed by atoms with van der Waals surface area (Å²) in [5.74, 6) is 0.0196. The van der Waals surface area contributed by atoms with Gasteiger partial charge >= 0.3 is 0 Å². The molecular formula is C15H12FNO2. The summed E-state index contributed by atoms with van der Waals surface area (Å²) in [5, 5.41) is 0. The maximum Gasteiger partial charge on any atom is 0.265 e. The molecule has 0 radical (unpaired) electrons. The van der Waals surface area contributed by atoms with Crippen molar-refractivity contribution in [1.82, 2.24) is 0 Å². The van der Waals surface area contributed by atoms with Gasteiger partial charge in [0.1, 0.15) is 11.6 Å². The van der Waals surface area contributed by atoms with Crippen molar-refractivity contribution in [2.45, 2.75) is 6.54 Å². The van der Waals surface area contributed by atoms with Crippen LogP contribution in [-0.4, -0.2) is 12.5 Å². The first kappa shape index (κ1) is 11.7. The Balaban J connectivity index is 2.02. The first-order valence-corrected chi connectivity index (χ1v) is 6.01. The molecule has 0 N–H and O–H groups in total. The average Bonchev–Trinajstić information content (AvgIpc) is 2.60. The minimum atomic E-state index is -0.407. The monoisotopic (exact) mass is 257 g/mol. The lowest BCUT2D eigenvalue weighted by molar-refractivity contribution is -0.120. The third-order valence-electron chi connectivity index (χ3n) is 3.10. The van der Waals surface area contributed by atoms with E-state index in [1.807, 2.05) is 24.3 Å². The van der Waals surface area contributed by atoms with Crippen LogP contribution in [0.5, 0.6) is 5.75 Å². The van der Waals surface area contributed by atoms with Crippen molar-refractivity contribution in [2.24, 2.45) is 0 Å². The maximum atomic E-state index is 13.8. The van der Waals surface area contributed by atoms with E-state index in [0.717, 1.165) is 5.56 Å². The van der Waals surface area contributed by atoms with Gasteiger partial charge in [-0.05, 0) is 18.2 Å². The average molecular weight is 257 g/mol. The van der Waals surface area contributed by atoms with Gasteiger partial charge in [0.2, 0.25) is 0 Å². The number of benzene rings is 2. The van der Waals surface area contributed by atoms with E-state index < -0.39 is 5.82 Å². The largest absolute Gasteiger partial charge is 0.483 e. The fourth-order valence-corrected chi connectivity index (χ4v) is 2.14. The Kier molecular flexibility index (Phi) is 2.91. The van der Waals surface area contributed by atoms with Gasteiger partial charge in [0, 0.05) is 5.56 Å². The molecule has 0 saturated carbocycles. The van der Waals surface area contributed by atoms with Crippen LogP contribution in [0.25, 0.3) is 0 Å². The quantitative estimate of drug-likeness (QED) is 0.786. The summed E-state index contributed by atoms with van der Waals surface area (Å²) >= 11 is 0. The van der Waals surface area contributed by atoms with Crippen molar-refractivity contribution in [3.8, 4) is 5.75 Å². The Morgan fingerprint density at radius 3 is 2.63 bits per heavy atom. The molecule has 1 aliphatic rings. The molecule has 3 nitrogen and oxygen atoms in total. The third kappa shape index (κ3) is 2.17. The van der Waals surface area contributed by atoms with Crippen LogP contribution in [0, 0.1) is 5.82 Å². The number of nitrogens with zero attached hydrogens (tertiary/aromatic N) is 1. The van der Waals surface area contributed by atoms with Crippen LogP contribution in [-0.2, 0) is 11.3 Å². The van der Waals surface area contributed by atoms with Crippen LogP contribution >= 0.6 is 0 Å². The topological polar surface area (TPSA) is 29.5 Å². The highest BCUT2D eigenvalue weighted by atomic mass is 19.1. The Morgan fingerprint density at radius 2 is 1.79 bits per heavy atom. The molecule has 96 valence electrons. The predicted molar refractivity (Wildman–Crippen MR) is 69.5 cm³/mol. The van der Waals surface area contributed by atoms with Crippen LogP contribution in [0.3, 0.4) is 0 Å². The minimum absolute atomic E-state index is 0.0780. The number of halogens is 1. The van der Waals surface area contributed by atoms with Crippen LogP contribution in [0.1, 0.15) is 5.56 Å². The van der Waals surface area contributed by atoms with Gasteiger partial charge in [0.15, 0.2) is 6.61 Å². The lowest BCUT2D eigenvalue weighted by Gasteiger charge is -2.20. The number of carbonyl (C=O) groups excluding carboxylic acids is 1. The van der Waals surface area contributed by atoms with Gasteiger partial charge < -0.3 is 9.64 Å². The molecule has 0 saturated heterocycles. The van der Waals surface area contributed by atoms with Crippen LogP contribution < -0.4 is 9.64 Å². The second-order valence-electron chi connectivity index (χ2n) is 4.33. The fourth-order valence-electron chi connectivity index (χ4n) is 2.14. The molecule has 1 aliphatic heterocycles. The van der Waals surface area contributed by atoms with Crippen molar-refractivity contribution in [3.63, 3.8) is 0 Å². The van der Waals surface area contributed by atoms with Crippen molar-refractivity contribution >= 4 is 11.6 Å². The second-order valence-corrected chi connectivity index (χ2v) is 4.33. The maximum absolute atomic E-state index is 13.8. The number of rotatable bonds is 1. The molecule has 2 aromatic rings. The van der Waals surface area contributed by atoms with Gasteiger partial charge in [0.05, 0.1) is 12.2 Å². The van der Waals surface area contributed by atoms with Gasteiger partial charge in [-0.2, -0.15) is 0 Å². The lowest BCUT2D eigenvalue weighted by atomic mass is 10.1. The number of anilines is 1. The van der Waals surface area contributed by atoms with E-state index in [0.29, 0.717) is 12.3 Å². The normalized spacial score (nSPS) is 14.6. The van der Waals surface area contributed by atoms with Crippen LogP contribution in [0.4, 0.5) is 10.1 Å². The molecule has 0 aromatic heterocycles. The number of hydrogen-bond acceptors (Lipinski definition) is 2. The van der Waals surface area contributed by atoms with Gasteiger partial charge in [-0.15, -0.1) is 0 Å². The van der Waals surface area contributed by atoms with Gasteiger partial charge in [-0.25, -0.2) is 4.39 Å². The molecule has 0 aliphatic carbocycles. The molecule has 0 unspecified atom stereocenters. The Morgan fingerprint density at radius 1 is 1.05 bits per heavy atom. The molecule has 19 heavy (non-hydrogen) atoms. The van der Waals surface area contributed by atoms with E-state index in [-0.39, 0.29) is 18.2 Å². The van der Waals surface area contributed by atoms with E-state index in [1.54, 1.807) is 18.2 Å². The minimum Gasteiger partial charge on any atom is -0.483 e. The summed E-state index contributed by atoms with van der Waals surface area (Å²) in [4.78, 5) is 13.5. The van der Waals surface area contributed by atoms with E-state index >= 15 is 0 Å². The number of carbonyl (C=O) groups is 1. The molecule has 4 heteroatoms. The summed E-state index contributed by atoms with van der Waals surface area (Å²) in [6.45, 7) is 0.237. The summed E-state index contributed by atoms with van der Waals surface area (Å²) in [6, 6.07) is 13.7. The Labute approximate surface area is 110 Å². The Bertz CT molecular complexity index is 627. The number of hydrogen-bond donors (Lipinski definition) is 0. The van der Waals surface area contributed by atoms with Gasteiger partial charge in [-0.1, -0.05) is 30.3 Å². The number of amides is 1. The molecule has 0 spiro atoms. The van der Waals surface area contributed by atoms with Gasteiger partial charge in [0.25, 0.3) is 5.91 Å². The molecule has 2 aromatic carbocycles. The molecule has 0 fully saturated rings. The van der Waals surface area contributed by atoms with E-state index in [4.69, 9.17) is 4.74 Å².